The third-order valence-corrected chi connectivity index (χ3v) is 6.30. The van der Waals surface area contributed by atoms with Gasteiger partial charge in [0.25, 0.3) is 5.56 Å². The van der Waals surface area contributed by atoms with Crippen molar-refractivity contribution in [2.75, 3.05) is 6.26 Å². The molecule has 134 valence electrons. The number of esters is 1. The van der Waals surface area contributed by atoms with E-state index in [0.717, 1.165) is 36.1 Å². The summed E-state index contributed by atoms with van der Waals surface area (Å²) < 4.78 is 5.34. The Balaban J connectivity index is 1.58. The second-order valence-electron chi connectivity index (χ2n) is 6.04. The van der Waals surface area contributed by atoms with Crippen LogP contribution >= 0.6 is 23.1 Å². The standard InChI is InChI=1S/C18H17N3O3S2/c1-25-16-11(6-4-8-19-16)18(23)24-9-13-20-15(22)14-10-5-2-3-7-12(10)26-17(14)21-13/h4,6,8H,2-3,5,7,9H2,1H3,(H,20,21,22). The zero-order chi connectivity index (χ0) is 18.1. The van der Waals surface area contributed by atoms with E-state index < -0.39 is 5.97 Å². The van der Waals surface area contributed by atoms with Crippen LogP contribution in [0.5, 0.6) is 0 Å². The van der Waals surface area contributed by atoms with Crippen LogP contribution in [0.15, 0.2) is 28.2 Å². The van der Waals surface area contributed by atoms with E-state index in [-0.39, 0.29) is 12.2 Å². The number of aryl methyl sites for hydroxylation is 2. The van der Waals surface area contributed by atoms with Crippen molar-refractivity contribution in [3.63, 3.8) is 0 Å². The summed E-state index contributed by atoms with van der Waals surface area (Å²) in [6.45, 7) is -0.0741. The van der Waals surface area contributed by atoms with Gasteiger partial charge in [0, 0.05) is 11.1 Å². The molecule has 1 aliphatic carbocycles. The minimum absolute atomic E-state index is 0.0741. The number of H-pyrrole nitrogens is 1. The Morgan fingerprint density at radius 2 is 2.23 bits per heavy atom. The van der Waals surface area contributed by atoms with Crippen LogP contribution in [0, 0.1) is 0 Å². The molecule has 1 N–H and O–H groups in total. The molecule has 3 aromatic rings. The molecule has 0 fully saturated rings. The summed E-state index contributed by atoms with van der Waals surface area (Å²) in [6.07, 6.45) is 7.70. The molecule has 0 aliphatic heterocycles. The molecule has 0 spiro atoms. The number of hydrogen-bond acceptors (Lipinski definition) is 7. The van der Waals surface area contributed by atoms with E-state index in [0.29, 0.717) is 21.8 Å². The normalized spacial score (nSPS) is 13.6. The average molecular weight is 387 g/mol. The van der Waals surface area contributed by atoms with Gasteiger partial charge < -0.3 is 9.72 Å². The second kappa shape index (κ2) is 7.20. The number of nitrogens with one attached hydrogen (secondary N) is 1. The van der Waals surface area contributed by atoms with E-state index in [1.54, 1.807) is 29.7 Å². The van der Waals surface area contributed by atoms with Gasteiger partial charge in [-0.1, -0.05) is 0 Å². The second-order valence-corrected chi connectivity index (χ2v) is 7.92. The molecule has 0 aromatic carbocycles. The van der Waals surface area contributed by atoms with Gasteiger partial charge in [0.2, 0.25) is 0 Å². The molecular formula is C18H17N3O3S2. The number of aromatic nitrogens is 3. The molecular weight excluding hydrogens is 370 g/mol. The number of thiophene rings is 1. The summed E-state index contributed by atoms with van der Waals surface area (Å²) >= 11 is 2.96. The van der Waals surface area contributed by atoms with Crippen LogP contribution in [-0.2, 0) is 24.2 Å². The van der Waals surface area contributed by atoms with Gasteiger partial charge in [0.15, 0.2) is 0 Å². The first kappa shape index (κ1) is 17.2. The Bertz CT molecular complexity index is 1040. The van der Waals surface area contributed by atoms with Crippen LogP contribution in [0.3, 0.4) is 0 Å². The number of nitrogens with zero attached hydrogens (tertiary/aromatic N) is 2. The van der Waals surface area contributed by atoms with Crippen molar-refractivity contribution in [3.05, 3.63) is 50.5 Å². The molecule has 6 nitrogen and oxygen atoms in total. The summed E-state index contributed by atoms with van der Waals surface area (Å²) in [6, 6.07) is 3.37. The molecule has 0 bridgehead atoms. The maximum absolute atomic E-state index is 12.5. The molecule has 4 rings (SSSR count). The van der Waals surface area contributed by atoms with Crippen molar-refractivity contribution >= 4 is 39.3 Å². The zero-order valence-electron chi connectivity index (χ0n) is 14.2. The van der Waals surface area contributed by atoms with Gasteiger partial charge in [-0.25, -0.2) is 14.8 Å². The minimum atomic E-state index is -0.476. The molecule has 1 aliphatic rings. The summed E-state index contributed by atoms with van der Waals surface area (Å²) in [5, 5.41) is 1.32. The van der Waals surface area contributed by atoms with Crippen molar-refractivity contribution < 1.29 is 9.53 Å². The lowest BCUT2D eigenvalue weighted by Crippen LogP contribution is -2.15. The highest BCUT2D eigenvalue weighted by Gasteiger charge is 2.20. The Labute approximate surface area is 158 Å². The van der Waals surface area contributed by atoms with Gasteiger partial charge in [-0.05, 0) is 49.6 Å². The fourth-order valence-corrected chi connectivity index (χ4v) is 5.02. The Morgan fingerprint density at radius 1 is 1.38 bits per heavy atom. The average Bonchev–Trinajstić information content (AvgIpc) is 3.05. The predicted octanol–water partition coefficient (Wildman–Crippen LogP) is 3.34. The highest BCUT2D eigenvalue weighted by atomic mass is 32.2. The number of thioether (sulfide) groups is 1. The van der Waals surface area contributed by atoms with E-state index in [1.165, 1.54) is 16.6 Å². The fraction of sp³-hybridized carbons (Fsp3) is 0.333. The third-order valence-electron chi connectivity index (χ3n) is 4.40. The van der Waals surface area contributed by atoms with Crippen molar-refractivity contribution in [1.82, 2.24) is 15.0 Å². The maximum atomic E-state index is 12.5. The van der Waals surface area contributed by atoms with Crippen LogP contribution in [0.1, 0.15) is 39.5 Å². The van der Waals surface area contributed by atoms with Crippen molar-refractivity contribution in [3.8, 4) is 0 Å². The summed E-state index contributed by atoms with van der Waals surface area (Å²) in [5.74, 6) is -0.111. The van der Waals surface area contributed by atoms with E-state index in [2.05, 4.69) is 15.0 Å². The third kappa shape index (κ3) is 3.14. The van der Waals surface area contributed by atoms with Crippen molar-refractivity contribution in [2.45, 2.75) is 37.3 Å². The molecule has 0 saturated heterocycles. The van der Waals surface area contributed by atoms with E-state index in [1.807, 2.05) is 6.26 Å². The van der Waals surface area contributed by atoms with Gasteiger partial charge in [-0.3, -0.25) is 4.79 Å². The van der Waals surface area contributed by atoms with Crippen LogP contribution in [-0.4, -0.2) is 27.2 Å². The Morgan fingerprint density at radius 3 is 3.08 bits per heavy atom. The number of fused-ring (bicyclic) bond motifs is 3. The van der Waals surface area contributed by atoms with Gasteiger partial charge in [0.05, 0.1) is 10.9 Å². The van der Waals surface area contributed by atoms with Gasteiger partial charge in [-0.15, -0.1) is 23.1 Å². The number of rotatable bonds is 4. The van der Waals surface area contributed by atoms with Crippen molar-refractivity contribution in [1.29, 1.82) is 0 Å². The molecule has 8 heteroatoms. The fourth-order valence-electron chi connectivity index (χ4n) is 3.20. The predicted molar refractivity (Wildman–Crippen MR) is 102 cm³/mol. The molecule has 0 amide bonds. The molecule has 0 saturated carbocycles. The smallest absolute Gasteiger partial charge is 0.341 e. The van der Waals surface area contributed by atoms with Gasteiger partial charge in [-0.2, -0.15) is 0 Å². The first-order valence-electron chi connectivity index (χ1n) is 8.37. The molecule has 26 heavy (non-hydrogen) atoms. The van der Waals surface area contributed by atoms with Crippen LogP contribution in [0.25, 0.3) is 10.2 Å². The highest BCUT2D eigenvalue weighted by molar-refractivity contribution is 7.98. The number of hydrogen-bond donors (Lipinski definition) is 1. The van der Waals surface area contributed by atoms with Crippen LogP contribution < -0.4 is 5.56 Å². The molecule has 0 radical (unpaired) electrons. The Kier molecular flexibility index (Phi) is 4.78. The van der Waals surface area contributed by atoms with Gasteiger partial charge >= 0.3 is 5.97 Å². The lowest BCUT2D eigenvalue weighted by molar-refractivity contribution is 0.0457. The van der Waals surface area contributed by atoms with E-state index in [4.69, 9.17) is 4.74 Å². The molecule has 0 unspecified atom stereocenters. The zero-order valence-corrected chi connectivity index (χ0v) is 15.8. The van der Waals surface area contributed by atoms with Crippen molar-refractivity contribution in [2.24, 2.45) is 0 Å². The first-order valence-corrected chi connectivity index (χ1v) is 10.4. The topological polar surface area (TPSA) is 84.9 Å². The number of carbonyl (C=O) groups is 1. The molecule has 3 aromatic heterocycles. The van der Waals surface area contributed by atoms with E-state index >= 15 is 0 Å². The monoisotopic (exact) mass is 387 g/mol. The number of carbonyl (C=O) groups excluding carboxylic acids is 1. The number of aromatic amines is 1. The van der Waals surface area contributed by atoms with Gasteiger partial charge in [0.1, 0.15) is 22.3 Å². The highest BCUT2D eigenvalue weighted by Crippen LogP contribution is 2.33. The molecule has 3 heterocycles. The number of pyridine rings is 1. The maximum Gasteiger partial charge on any atom is 0.341 e. The van der Waals surface area contributed by atoms with Crippen LogP contribution in [0.4, 0.5) is 0 Å². The Hall–Kier alpha value is -2.19. The summed E-state index contributed by atoms with van der Waals surface area (Å²) in [7, 11) is 0. The summed E-state index contributed by atoms with van der Waals surface area (Å²) in [4.78, 5) is 38.2. The number of ether oxygens (including phenoxy) is 1. The first-order chi connectivity index (χ1) is 12.7. The van der Waals surface area contributed by atoms with E-state index in [9.17, 15) is 9.59 Å². The largest absolute Gasteiger partial charge is 0.454 e. The van der Waals surface area contributed by atoms with Crippen LogP contribution in [0.2, 0.25) is 0 Å². The molecule has 0 atom stereocenters. The SMILES string of the molecule is CSc1ncccc1C(=O)OCc1nc2sc3c(c2c(=O)[nH]1)CCCC3. The lowest BCUT2D eigenvalue weighted by Gasteiger charge is -2.09. The quantitative estimate of drug-likeness (QED) is 0.546. The minimum Gasteiger partial charge on any atom is -0.454 e. The summed E-state index contributed by atoms with van der Waals surface area (Å²) in [5.41, 5.74) is 1.41. The lowest BCUT2D eigenvalue weighted by atomic mass is 9.97.